The molecular formula is C15H23NO2. The minimum atomic E-state index is -0.766. The normalized spacial score (nSPS) is 23.4. The second kappa shape index (κ2) is 5.72. The lowest BCUT2D eigenvalue weighted by molar-refractivity contribution is -0.0156. The third-order valence-corrected chi connectivity index (χ3v) is 3.84. The summed E-state index contributed by atoms with van der Waals surface area (Å²) in [6.45, 7) is 6.51. The van der Waals surface area contributed by atoms with E-state index in [4.69, 9.17) is 4.74 Å². The first-order valence-corrected chi connectivity index (χ1v) is 6.81. The van der Waals surface area contributed by atoms with Crippen molar-refractivity contribution in [2.45, 2.75) is 32.3 Å². The van der Waals surface area contributed by atoms with E-state index in [0.717, 1.165) is 37.2 Å². The molecule has 1 aliphatic rings. The van der Waals surface area contributed by atoms with Crippen LogP contribution in [0.2, 0.25) is 0 Å². The largest absolute Gasteiger partial charge is 0.494 e. The van der Waals surface area contributed by atoms with Crippen LogP contribution in [0.3, 0.4) is 0 Å². The van der Waals surface area contributed by atoms with Crippen molar-refractivity contribution >= 4 is 0 Å². The molecule has 0 bridgehead atoms. The zero-order chi connectivity index (χ0) is 13.0. The van der Waals surface area contributed by atoms with E-state index in [9.17, 15) is 5.11 Å². The number of hydrogen-bond donors (Lipinski definition) is 2. The van der Waals surface area contributed by atoms with Crippen molar-refractivity contribution < 1.29 is 9.84 Å². The van der Waals surface area contributed by atoms with Gasteiger partial charge in [0.2, 0.25) is 0 Å². The number of piperidine rings is 1. The zero-order valence-electron chi connectivity index (χ0n) is 11.3. The summed E-state index contributed by atoms with van der Waals surface area (Å²) in [7, 11) is 0. The predicted octanol–water partition coefficient (Wildman–Crippen LogP) is 2.29. The highest BCUT2D eigenvalue weighted by molar-refractivity contribution is 5.31. The van der Waals surface area contributed by atoms with E-state index in [1.165, 1.54) is 0 Å². The Morgan fingerprint density at radius 3 is 2.67 bits per heavy atom. The summed E-state index contributed by atoms with van der Waals surface area (Å²) < 4.78 is 5.43. The molecule has 3 heteroatoms. The van der Waals surface area contributed by atoms with Crippen LogP contribution in [-0.2, 0) is 5.60 Å². The molecule has 1 aliphatic heterocycles. The van der Waals surface area contributed by atoms with Crippen LogP contribution in [0.25, 0.3) is 0 Å². The molecule has 1 fully saturated rings. The van der Waals surface area contributed by atoms with Crippen LogP contribution in [0.4, 0.5) is 0 Å². The average molecular weight is 249 g/mol. The third-order valence-electron chi connectivity index (χ3n) is 3.84. The fraction of sp³-hybridized carbons (Fsp3) is 0.600. The Morgan fingerprint density at radius 1 is 1.39 bits per heavy atom. The van der Waals surface area contributed by atoms with Gasteiger partial charge in [0.05, 0.1) is 12.2 Å². The number of hydrogen-bond acceptors (Lipinski definition) is 3. The summed E-state index contributed by atoms with van der Waals surface area (Å²) in [6.07, 6.45) is 2.21. The first kappa shape index (κ1) is 13.4. The van der Waals surface area contributed by atoms with Crippen molar-refractivity contribution in [3.8, 4) is 5.75 Å². The molecule has 100 valence electrons. The van der Waals surface area contributed by atoms with E-state index in [2.05, 4.69) is 5.32 Å². The van der Waals surface area contributed by atoms with Gasteiger partial charge in [0, 0.05) is 12.5 Å². The SMILES string of the molecule is CCOc1ccc(C(C)(O)C2CCCNC2)cc1. The van der Waals surface area contributed by atoms with Crippen molar-refractivity contribution in [3.05, 3.63) is 29.8 Å². The standard InChI is InChI=1S/C15H23NO2/c1-3-18-14-8-6-12(7-9-14)15(2,17)13-5-4-10-16-11-13/h6-9,13,16-17H,3-5,10-11H2,1-2H3. The van der Waals surface area contributed by atoms with Gasteiger partial charge >= 0.3 is 0 Å². The van der Waals surface area contributed by atoms with Crippen molar-refractivity contribution in [1.82, 2.24) is 5.32 Å². The number of ether oxygens (including phenoxy) is 1. The Kier molecular flexibility index (Phi) is 4.25. The Hall–Kier alpha value is -1.06. The fourth-order valence-electron chi connectivity index (χ4n) is 2.62. The second-order valence-corrected chi connectivity index (χ2v) is 5.15. The first-order chi connectivity index (χ1) is 8.64. The monoisotopic (exact) mass is 249 g/mol. The lowest BCUT2D eigenvalue weighted by atomic mass is 9.79. The molecule has 2 atom stereocenters. The highest BCUT2D eigenvalue weighted by atomic mass is 16.5. The average Bonchev–Trinajstić information content (AvgIpc) is 2.41. The maximum atomic E-state index is 10.8. The molecule has 2 rings (SSSR count). The Morgan fingerprint density at radius 2 is 2.11 bits per heavy atom. The highest BCUT2D eigenvalue weighted by Gasteiger charge is 2.34. The highest BCUT2D eigenvalue weighted by Crippen LogP contribution is 2.34. The Labute approximate surface area is 109 Å². The molecule has 2 N–H and O–H groups in total. The van der Waals surface area contributed by atoms with Crippen LogP contribution < -0.4 is 10.1 Å². The maximum Gasteiger partial charge on any atom is 0.119 e. The summed E-state index contributed by atoms with van der Waals surface area (Å²) in [4.78, 5) is 0. The minimum absolute atomic E-state index is 0.282. The van der Waals surface area contributed by atoms with Gasteiger partial charge in [-0.1, -0.05) is 12.1 Å². The van der Waals surface area contributed by atoms with Crippen molar-refractivity contribution in [3.63, 3.8) is 0 Å². The van der Waals surface area contributed by atoms with Crippen LogP contribution >= 0.6 is 0 Å². The fourth-order valence-corrected chi connectivity index (χ4v) is 2.62. The van der Waals surface area contributed by atoms with E-state index in [0.29, 0.717) is 6.61 Å². The van der Waals surface area contributed by atoms with Gasteiger partial charge in [-0.25, -0.2) is 0 Å². The summed E-state index contributed by atoms with van der Waals surface area (Å²) in [5, 5.41) is 14.1. The smallest absolute Gasteiger partial charge is 0.119 e. The molecule has 1 aromatic rings. The molecule has 18 heavy (non-hydrogen) atoms. The van der Waals surface area contributed by atoms with Gasteiger partial charge in [0.15, 0.2) is 0 Å². The van der Waals surface area contributed by atoms with E-state index in [-0.39, 0.29) is 5.92 Å². The molecule has 1 aromatic carbocycles. The molecule has 0 aromatic heterocycles. The van der Waals surface area contributed by atoms with Crippen LogP contribution in [-0.4, -0.2) is 24.8 Å². The molecule has 0 amide bonds. The van der Waals surface area contributed by atoms with Gasteiger partial charge in [0.25, 0.3) is 0 Å². The minimum Gasteiger partial charge on any atom is -0.494 e. The number of rotatable bonds is 4. The lowest BCUT2D eigenvalue weighted by Gasteiger charge is -2.36. The maximum absolute atomic E-state index is 10.8. The summed E-state index contributed by atoms with van der Waals surface area (Å²) in [5.41, 5.74) is 0.206. The van der Waals surface area contributed by atoms with Gasteiger partial charge < -0.3 is 15.2 Å². The predicted molar refractivity (Wildman–Crippen MR) is 72.8 cm³/mol. The third kappa shape index (κ3) is 2.85. The van der Waals surface area contributed by atoms with Gasteiger partial charge in [-0.2, -0.15) is 0 Å². The topological polar surface area (TPSA) is 41.5 Å². The van der Waals surface area contributed by atoms with Gasteiger partial charge in [-0.15, -0.1) is 0 Å². The van der Waals surface area contributed by atoms with E-state index >= 15 is 0 Å². The molecular weight excluding hydrogens is 226 g/mol. The molecule has 0 aliphatic carbocycles. The quantitative estimate of drug-likeness (QED) is 0.860. The summed E-state index contributed by atoms with van der Waals surface area (Å²) in [6, 6.07) is 7.81. The molecule has 0 spiro atoms. The summed E-state index contributed by atoms with van der Waals surface area (Å²) in [5.74, 6) is 1.14. The second-order valence-electron chi connectivity index (χ2n) is 5.15. The van der Waals surface area contributed by atoms with Crippen LogP contribution in [0, 0.1) is 5.92 Å². The van der Waals surface area contributed by atoms with Crippen molar-refractivity contribution in [2.75, 3.05) is 19.7 Å². The van der Waals surface area contributed by atoms with Crippen molar-refractivity contribution in [1.29, 1.82) is 0 Å². The molecule has 3 nitrogen and oxygen atoms in total. The van der Waals surface area contributed by atoms with Gasteiger partial charge in [-0.05, 0) is 50.9 Å². The lowest BCUT2D eigenvalue weighted by Crippen LogP contribution is -2.42. The number of benzene rings is 1. The number of aliphatic hydroxyl groups is 1. The van der Waals surface area contributed by atoms with Gasteiger partial charge in [-0.3, -0.25) is 0 Å². The molecule has 1 heterocycles. The Bertz CT molecular complexity index is 367. The first-order valence-electron chi connectivity index (χ1n) is 6.81. The van der Waals surface area contributed by atoms with E-state index in [1.807, 2.05) is 38.1 Å². The van der Waals surface area contributed by atoms with E-state index < -0.39 is 5.60 Å². The molecule has 0 saturated carbocycles. The van der Waals surface area contributed by atoms with Crippen molar-refractivity contribution in [2.24, 2.45) is 5.92 Å². The van der Waals surface area contributed by atoms with E-state index in [1.54, 1.807) is 0 Å². The molecule has 2 unspecified atom stereocenters. The van der Waals surface area contributed by atoms with Crippen LogP contribution in [0.1, 0.15) is 32.3 Å². The van der Waals surface area contributed by atoms with Crippen LogP contribution in [0.5, 0.6) is 5.75 Å². The summed E-state index contributed by atoms with van der Waals surface area (Å²) >= 11 is 0. The molecule has 0 radical (unpaired) electrons. The Balaban J connectivity index is 2.12. The zero-order valence-corrected chi connectivity index (χ0v) is 11.3. The molecule has 1 saturated heterocycles. The van der Waals surface area contributed by atoms with Crippen LogP contribution in [0.15, 0.2) is 24.3 Å². The number of nitrogens with one attached hydrogen (secondary N) is 1. The van der Waals surface area contributed by atoms with Gasteiger partial charge in [0.1, 0.15) is 5.75 Å².